The van der Waals surface area contributed by atoms with E-state index >= 15 is 0 Å². The summed E-state index contributed by atoms with van der Waals surface area (Å²) in [7, 11) is 1.52. The molecule has 0 saturated heterocycles. The van der Waals surface area contributed by atoms with Crippen LogP contribution in [0.2, 0.25) is 0 Å². The van der Waals surface area contributed by atoms with Crippen molar-refractivity contribution in [1.82, 2.24) is 0 Å². The van der Waals surface area contributed by atoms with Crippen molar-refractivity contribution in [2.75, 3.05) is 19.0 Å². The highest BCUT2D eigenvalue weighted by Crippen LogP contribution is 2.27. The molecule has 0 unspecified atom stereocenters. The highest BCUT2D eigenvalue weighted by atomic mass is 19.1. The van der Waals surface area contributed by atoms with E-state index in [1.54, 1.807) is 24.3 Å². The third-order valence-electron chi connectivity index (χ3n) is 2.85. The van der Waals surface area contributed by atoms with Crippen LogP contribution in [0.5, 0.6) is 11.5 Å². The normalized spacial score (nSPS) is 10.0. The van der Waals surface area contributed by atoms with Gasteiger partial charge in [0.2, 0.25) is 5.75 Å². The summed E-state index contributed by atoms with van der Waals surface area (Å²) < 4.78 is 23.2. The van der Waals surface area contributed by atoms with E-state index in [9.17, 15) is 19.3 Å². The number of anilines is 1. The number of nitro benzene ring substituents is 1. The van der Waals surface area contributed by atoms with Gasteiger partial charge in [-0.15, -0.1) is 0 Å². The van der Waals surface area contributed by atoms with E-state index in [0.717, 1.165) is 18.2 Å². The number of hydrogen-bond donors (Lipinski definition) is 1. The molecule has 0 aliphatic heterocycles. The molecule has 0 aliphatic rings. The molecule has 0 aromatic heterocycles. The van der Waals surface area contributed by atoms with Crippen LogP contribution in [-0.4, -0.2) is 24.5 Å². The molecule has 23 heavy (non-hydrogen) atoms. The predicted molar refractivity (Wildman–Crippen MR) is 80.2 cm³/mol. The van der Waals surface area contributed by atoms with Gasteiger partial charge in [0.05, 0.1) is 12.0 Å². The van der Waals surface area contributed by atoms with Gasteiger partial charge in [0, 0.05) is 17.8 Å². The molecule has 2 aromatic carbocycles. The van der Waals surface area contributed by atoms with E-state index in [-0.39, 0.29) is 5.75 Å². The van der Waals surface area contributed by atoms with Gasteiger partial charge in [0.25, 0.3) is 5.91 Å². The standard InChI is InChI=1S/C15H13FN2O5/c1-22-12-5-3-11(4-6-12)17-15(19)9-23-14-8-10(16)2-7-13(14)18(20)21/h2-8H,9H2,1H3,(H,17,19). The van der Waals surface area contributed by atoms with Crippen molar-refractivity contribution in [2.45, 2.75) is 0 Å². The molecule has 0 heterocycles. The van der Waals surface area contributed by atoms with Crippen molar-refractivity contribution < 1.29 is 23.6 Å². The summed E-state index contributed by atoms with van der Waals surface area (Å²) in [5.74, 6) is -0.899. The van der Waals surface area contributed by atoms with Crippen LogP contribution < -0.4 is 14.8 Å². The quantitative estimate of drug-likeness (QED) is 0.653. The van der Waals surface area contributed by atoms with Crippen LogP contribution >= 0.6 is 0 Å². The molecule has 0 aliphatic carbocycles. The van der Waals surface area contributed by atoms with E-state index in [0.29, 0.717) is 11.4 Å². The maximum Gasteiger partial charge on any atom is 0.311 e. The van der Waals surface area contributed by atoms with Gasteiger partial charge >= 0.3 is 5.69 Å². The molecule has 0 saturated carbocycles. The van der Waals surface area contributed by atoms with Gasteiger partial charge in [-0.1, -0.05) is 0 Å². The third-order valence-corrected chi connectivity index (χ3v) is 2.85. The molecule has 0 bridgehead atoms. The van der Waals surface area contributed by atoms with Crippen LogP contribution in [0.15, 0.2) is 42.5 Å². The van der Waals surface area contributed by atoms with Gasteiger partial charge < -0.3 is 14.8 Å². The lowest BCUT2D eigenvalue weighted by Gasteiger charge is -2.08. The van der Waals surface area contributed by atoms with E-state index in [1.807, 2.05) is 0 Å². The number of hydrogen-bond acceptors (Lipinski definition) is 5. The van der Waals surface area contributed by atoms with Crippen molar-refractivity contribution in [3.05, 3.63) is 58.4 Å². The zero-order valence-corrected chi connectivity index (χ0v) is 12.1. The first kappa shape index (κ1) is 16.2. The second-order valence-electron chi connectivity index (χ2n) is 4.43. The van der Waals surface area contributed by atoms with E-state index < -0.39 is 28.9 Å². The molecular formula is C15H13FN2O5. The van der Waals surface area contributed by atoms with Crippen molar-refractivity contribution in [3.8, 4) is 11.5 Å². The number of amides is 1. The Balaban J connectivity index is 1.98. The first-order chi connectivity index (χ1) is 11.0. The van der Waals surface area contributed by atoms with Crippen LogP contribution in [0.3, 0.4) is 0 Å². The minimum atomic E-state index is -0.712. The SMILES string of the molecule is COc1ccc(NC(=O)COc2cc(F)ccc2[N+](=O)[O-])cc1. The molecule has 2 rings (SSSR count). The molecule has 2 aromatic rings. The van der Waals surface area contributed by atoms with E-state index in [2.05, 4.69) is 5.32 Å². The molecular weight excluding hydrogens is 307 g/mol. The number of nitrogens with one attached hydrogen (secondary N) is 1. The van der Waals surface area contributed by atoms with Gasteiger partial charge in [-0.2, -0.15) is 0 Å². The number of carbonyl (C=O) groups is 1. The lowest BCUT2D eigenvalue weighted by molar-refractivity contribution is -0.385. The Morgan fingerprint density at radius 2 is 1.96 bits per heavy atom. The van der Waals surface area contributed by atoms with Crippen LogP contribution in [0.1, 0.15) is 0 Å². The molecule has 1 amide bonds. The van der Waals surface area contributed by atoms with Crippen molar-refractivity contribution >= 4 is 17.3 Å². The second kappa shape index (κ2) is 7.21. The fourth-order valence-corrected chi connectivity index (χ4v) is 1.77. The van der Waals surface area contributed by atoms with E-state index in [4.69, 9.17) is 9.47 Å². The van der Waals surface area contributed by atoms with Gasteiger partial charge in [-0.3, -0.25) is 14.9 Å². The van der Waals surface area contributed by atoms with Gasteiger partial charge in [-0.25, -0.2) is 4.39 Å². The van der Waals surface area contributed by atoms with Crippen molar-refractivity contribution in [3.63, 3.8) is 0 Å². The molecule has 7 nitrogen and oxygen atoms in total. The number of carbonyl (C=O) groups excluding carboxylic acids is 1. The Labute approximate surface area is 130 Å². The lowest BCUT2D eigenvalue weighted by Crippen LogP contribution is -2.20. The van der Waals surface area contributed by atoms with Gasteiger partial charge in [-0.05, 0) is 30.3 Å². The summed E-state index contributed by atoms with van der Waals surface area (Å²) >= 11 is 0. The van der Waals surface area contributed by atoms with Crippen LogP contribution in [0.4, 0.5) is 15.8 Å². The summed E-state index contributed by atoms with van der Waals surface area (Å²) in [4.78, 5) is 21.9. The Morgan fingerprint density at radius 1 is 1.26 bits per heavy atom. The minimum absolute atomic E-state index is 0.306. The smallest absolute Gasteiger partial charge is 0.311 e. The summed E-state index contributed by atoms with van der Waals surface area (Å²) in [6, 6.07) is 9.36. The molecule has 0 atom stereocenters. The van der Waals surface area contributed by atoms with Crippen LogP contribution in [0.25, 0.3) is 0 Å². The molecule has 1 N–H and O–H groups in total. The van der Waals surface area contributed by atoms with Crippen LogP contribution in [0, 0.1) is 15.9 Å². The van der Waals surface area contributed by atoms with E-state index in [1.165, 1.54) is 7.11 Å². The Hall–Kier alpha value is -3.16. The zero-order valence-electron chi connectivity index (χ0n) is 12.1. The zero-order chi connectivity index (χ0) is 16.8. The number of ether oxygens (including phenoxy) is 2. The largest absolute Gasteiger partial charge is 0.497 e. The molecule has 8 heteroatoms. The fourth-order valence-electron chi connectivity index (χ4n) is 1.77. The predicted octanol–water partition coefficient (Wildman–Crippen LogP) is 2.76. The highest BCUT2D eigenvalue weighted by molar-refractivity contribution is 5.91. The van der Waals surface area contributed by atoms with Gasteiger partial charge in [0.1, 0.15) is 11.6 Å². The first-order valence-corrected chi connectivity index (χ1v) is 6.50. The third kappa shape index (κ3) is 4.40. The number of benzene rings is 2. The lowest BCUT2D eigenvalue weighted by atomic mass is 10.3. The number of halogens is 1. The monoisotopic (exact) mass is 320 g/mol. The Kier molecular flexibility index (Phi) is 5.08. The molecule has 0 radical (unpaired) electrons. The van der Waals surface area contributed by atoms with Gasteiger partial charge in [0.15, 0.2) is 6.61 Å². The van der Waals surface area contributed by atoms with Crippen molar-refractivity contribution in [2.24, 2.45) is 0 Å². The maximum absolute atomic E-state index is 13.1. The fraction of sp³-hybridized carbons (Fsp3) is 0.133. The number of nitro groups is 1. The molecule has 120 valence electrons. The van der Waals surface area contributed by atoms with Crippen LogP contribution in [-0.2, 0) is 4.79 Å². The average Bonchev–Trinajstić information content (AvgIpc) is 2.53. The molecule has 0 spiro atoms. The maximum atomic E-state index is 13.1. The summed E-state index contributed by atoms with van der Waals surface area (Å²) in [6.07, 6.45) is 0. The Bertz CT molecular complexity index is 718. The number of methoxy groups -OCH3 is 1. The first-order valence-electron chi connectivity index (χ1n) is 6.50. The highest BCUT2D eigenvalue weighted by Gasteiger charge is 2.17. The molecule has 0 fully saturated rings. The number of rotatable bonds is 6. The minimum Gasteiger partial charge on any atom is -0.497 e. The summed E-state index contributed by atoms with van der Waals surface area (Å²) in [5, 5.41) is 13.4. The van der Waals surface area contributed by atoms with Crippen molar-refractivity contribution in [1.29, 1.82) is 0 Å². The second-order valence-corrected chi connectivity index (χ2v) is 4.43. The average molecular weight is 320 g/mol. The topological polar surface area (TPSA) is 90.7 Å². The summed E-state index contributed by atoms with van der Waals surface area (Å²) in [6.45, 7) is -0.490. The summed E-state index contributed by atoms with van der Waals surface area (Å²) in [5.41, 5.74) is 0.0942. The number of nitrogens with zero attached hydrogens (tertiary/aromatic N) is 1. The Morgan fingerprint density at radius 3 is 2.57 bits per heavy atom.